The minimum atomic E-state index is -0.590. The molecule has 0 radical (unpaired) electrons. The van der Waals surface area contributed by atoms with Crippen molar-refractivity contribution in [3.8, 4) is 0 Å². The number of hydrogen-bond acceptors (Lipinski definition) is 1. The van der Waals surface area contributed by atoms with Crippen LogP contribution in [0.4, 0.5) is 8.78 Å². The van der Waals surface area contributed by atoms with E-state index in [9.17, 15) is 13.6 Å². The van der Waals surface area contributed by atoms with Gasteiger partial charge in [0.2, 0.25) is 0 Å². The first-order valence-electron chi connectivity index (χ1n) is 6.57. The third kappa shape index (κ3) is 3.73. The van der Waals surface area contributed by atoms with E-state index in [4.69, 9.17) is 0 Å². The lowest BCUT2D eigenvalue weighted by atomic mass is 10.1. The summed E-state index contributed by atoms with van der Waals surface area (Å²) in [6, 6.07) is 3.32. The van der Waals surface area contributed by atoms with Crippen LogP contribution in [0, 0.1) is 11.6 Å². The molecule has 1 saturated carbocycles. The summed E-state index contributed by atoms with van der Waals surface area (Å²) in [5.41, 5.74) is 0.410. The minimum Gasteiger partial charge on any atom is -0.348 e. The van der Waals surface area contributed by atoms with Crippen molar-refractivity contribution in [2.75, 3.05) is 0 Å². The number of nitrogens with one attached hydrogen (secondary N) is 1. The fourth-order valence-electron chi connectivity index (χ4n) is 2.06. The lowest BCUT2D eigenvalue weighted by Gasteiger charge is -2.17. The standard InChI is InChI=1S/C14H18F2N2O/c1-8(12-6-3-10(15)7-13(12)16)17-9(2)14(19)18-11-4-5-11/h3,6-9,11,17H,4-5H2,1-2H3,(H,18,19)/p+1/t8-,9+/m0/s1. The van der Waals surface area contributed by atoms with Crippen molar-refractivity contribution in [3.05, 3.63) is 35.4 Å². The van der Waals surface area contributed by atoms with Crippen molar-refractivity contribution in [1.82, 2.24) is 5.32 Å². The average Bonchev–Trinajstić information content (AvgIpc) is 3.12. The van der Waals surface area contributed by atoms with Crippen molar-refractivity contribution >= 4 is 5.91 Å². The van der Waals surface area contributed by atoms with Gasteiger partial charge >= 0.3 is 0 Å². The number of carbonyl (C=O) groups is 1. The van der Waals surface area contributed by atoms with Crippen molar-refractivity contribution in [2.45, 2.75) is 44.8 Å². The van der Waals surface area contributed by atoms with E-state index in [0.29, 0.717) is 11.6 Å². The first-order valence-corrected chi connectivity index (χ1v) is 6.57. The number of nitrogens with two attached hydrogens (primary N) is 1. The summed E-state index contributed by atoms with van der Waals surface area (Å²) in [6.45, 7) is 3.59. The molecule has 3 nitrogen and oxygen atoms in total. The molecule has 0 bridgehead atoms. The van der Waals surface area contributed by atoms with Crippen LogP contribution in [-0.2, 0) is 4.79 Å². The first-order chi connectivity index (χ1) is 8.97. The van der Waals surface area contributed by atoms with E-state index >= 15 is 0 Å². The van der Waals surface area contributed by atoms with E-state index in [1.807, 2.05) is 0 Å². The van der Waals surface area contributed by atoms with Crippen LogP contribution in [0.3, 0.4) is 0 Å². The van der Waals surface area contributed by atoms with Gasteiger partial charge in [0.15, 0.2) is 6.04 Å². The molecule has 1 aromatic rings. The second kappa shape index (κ2) is 5.65. The molecule has 2 atom stereocenters. The molecule has 3 N–H and O–H groups in total. The topological polar surface area (TPSA) is 45.7 Å². The van der Waals surface area contributed by atoms with Crippen molar-refractivity contribution in [1.29, 1.82) is 0 Å². The lowest BCUT2D eigenvalue weighted by molar-refractivity contribution is -0.710. The highest BCUT2D eigenvalue weighted by atomic mass is 19.1. The molecular weight excluding hydrogens is 250 g/mol. The fraction of sp³-hybridized carbons (Fsp3) is 0.500. The molecule has 0 unspecified atom stereocenters. The zero-order valence-corrected chi connectivity index (χ0v) is 11.1. The monoisotopic (exact) mass is 269 g/mol. The van der Waals surface area contributed by atoms with Crippen LogP contribution in [-0.4, -0.2) is 18.0 Å². The Morgan fingerprint density at radius 1 is 1.37 bits per heavy atom. The molecule has 1 fully saturated rings. The summed E-state index contributed by atoms with van der Waals surface area (Å²) in [6.07, 6.45) is 2.08. The summed E-state index contributed by atoms with van der Waals surface area (Å²) in [5.74, 6) is -1.19. The number of benzene rings is 1. The van der Waals surface area contributed by atoms with Crippen molar-refractivity contribution in [2.24, 2.45) is 0 Å². The molecule has 19 heavy (non-hydrogen) atoms. The van der Waals surface area contributed by atoms with E-state index < -0.39 is 11.6 Å². The van der Waals surface area contributed by atoms with Gasteiger partial charge in [0, 0.05) is 17.7 Å². The third-order valence-corrected chi connectivity index (χ3v) is 3.37. The predicted molar refractivity (Wildman–Crippen MR) is 67.3 cm³/mol. The van der Waals surface area contributed by atoms with Crippen LogP contribution < -0.4 is 10.6 Å². The van der Waals surface area contributed by atoms with Crippen molar-refractivity contribution < 1.29 is 18.9 Å². The highest BCUT2D eigenvalue weighted by Gasteiger charge is 2.28. The number of quaternary nitrogens is 1. The fourth-order valence-corrected chi connectivity index (χ4v) is 2.06. The summed E-state index contributed by atoms with van der Waals surface area (Å²) in [4.78, 5) is 11.8. The number of halogens is 2. The second-order valence-electron chi connectivity index (χ2n) is 5.22. The predicted octanol–water partition coefficient (Wildman–Crippen LogP) is 1.26. The molecule has 104 valence electrons. The summed E-state index contributed by atoms with van der Waals surface area (Å²) < 4.78 is 26.4. The van der Waals surface area contributed by atoms with Gasteiger partial charge in [-0.2, -0.15) is 0 Å². The zero-order valence-electron chi connectivity index (χ0n) is 11.1. The summed E-state index contributed by atoms with van der Waals surface area (Å²) in [5, 5.41) is 4.70. The maximum Gasteiger partial charge on any atom is 0.278 e. The number of rotatable bonds is 5. The Bertz CT molecular complexity index is 475. The Hall–Kier alpha value is -1.49. The highest BCUT2D eigenvalue weighted by Crippen LogP contribution is 2.18. The lowest BCUT2D eigenvalue weighted by Crippen LogP contribution is -2.92. The quantitative estimate of drug-likeness (QED) is 0.830. The van der Waals surface area contributed by atoms with Crippen molar-refractivity contribution in [3.63, 3.8) is 0 Å². The molecule has 5 heteroatoms. The summed E-state index contributed by atoms with van der Waals surface area (Å²) >= 11 is 0. The first kappa shape index (κ1) is 13.9. The van der Waals surface area contributed by atoms with Crippen LogP contribution in [0.15, 0.2) is 18.2 Å². The van der Waals surface area contributed by atoms with Gasteiger partial charge in [0.1, 0.15) is 17.7 Å². The van der Waals surface area contributed by atoms with E-state index in [1.54, 1.807) is 19.2 Å². The van der Waals surface area contributed by atoms with Crippen LogP contribution in [0.5, 0.6) is 0 Å². The Labute approximate surface area is 111 Å². The minimum absolute atomic E-state index is 0.0307. The van der Waals surface area contributed by atoms with Gasteiger partial charge in [0.25, 0.3) is 5.91 Å². The highest BCUT2D eigenvalue weighted by molar-refractivity contribution is 5.80. The molecule has 1 amide bonds. The molecule has 0 aliphatic heterocycles. The van der Waals surface area contributed by atoms with Gasteiger partial charge in [-0.3, -0.25) is 4.79 Å². The summed E-state index contributed by atoms with van der Waals surface area (Å²) in [7, 11) is 0. The van der Waals surface area contributed by atoms with E-state index in [-0.39, 0.29) is 18.0 Å². The molecule has 2 rings (SSSR count). The molecule has 0 aromatic heterocycles. The van der Waals surface area contributed by atoms with Gasteiger partial charge < -0.3 is 10.6 Å². The SMILES string of the molecule is C[C@H]([NH2+][C@H](C)C(=O)NC1CC1)c1ccc(F)cc1F. The van der Waals surface area contributed by atoms with Gasteiger partial charge in [-0.05, 0) is 38.8 Å². The van der Waals surface area contributed by atoms with Gasteiger partial charge in [-0.1, -0.05) is 0 Å². The smallest absolute Gasteiger partial charge is 0.278 e. The second-order valence-corrected chi connectivity index (χ2v) is 5.22. The van der Waals surface area contributed by atoms with Gasteiger partial charge in [-0.25, -0.2) is 8.78 Å². The number of amides is 1. The van der Waals surface area contributed by atoms with Crippen LogP contribution in [0.2, 0.25) is 0 Å². The maximum atomic E-state index is 13.6. The van der Waals surface area contributed by atoms with Gasteiger partial charge in [-0.15, -0.1) is 0 Å². The molecule has 1 aromatic carbocycles. The van der Waals surface area contributed by atoms with E-state index in [0.717, 1.165) is 18.9 Å². The molecule has 0 saturated heterocycles. The third-order valence-electron chi connectivity index (χ3n) is 3.37. The van der Waals surface area contributed by atoms with Crippen LogP contribution in [0.25, 0.3) is 0 Å². The average molecular weight is 269 g/mol. The number of hydrogen-bond donors (Lipinski definition) is 2. The maximum absolute atomic E-state index is 13.6. The molecule has 1 aliphatic carbocycles. The Kier molecular flexibility index (Phi) is 4.14. The molecule has 0 spiro atoms. The number of carbonyl (C=O) groups excluding carboxylic acids is 1. The normalized spacial score (nSPS) is 17.9. The Morgan fingerprint density at radius 2 is 2.05 bits per heavy atom. The van der Waals surface area contributed by atoms with E-state index in [2.05, 4.69) is 5.32 Å². The zero-order chi connectivity index (χ0) is 14.0. The van der Waals surface area contributed by atoms with Crippen LogP contribution in [0.1, 0.15) is 38.3 Å². The Morgan fingerprint density at radius 3 is 2.63 bits per heavy atom. The van der Waals surface area contributed by atoms with E-state index in [1.165, 1.54) is 12.1 Å². The van der Waals surface area contributed by atoms with Crippen LogP contribution >= 0.6 is 0 Å². The molecular formula is C14H19F2N2O+. The largest absolute Gasteiger partial charge is 0.348 e. The Balaban J connectivity index is 1.95. The van der Waals surface area contributed by atoms with Gasteiger partial charge in [0.05, 0.1) is 0 Å². The molecule has 0 heterocycles. The molecule has 1 aliphatic rings.